The van der Waals surface area contributed by atoms with E-state index in [2.05, 4.69) is 5.32 Å². The molecule has 0 spiro atoms. The van der Waals surface area contributed by atoms with E-state index in [0.717, 1.165) is 23.6 Å². The zero-order valence-corrected chi connectivity index (χ0v) is 10.5. The molecule has 0 bridgehead atoms. The van der Waals surface area contributed by atoms with Crippen molar-refractivity contribution in [3.8, 4) is 0 Å². The van der Waals surface area contributed by atoms with E-state index < -0.39 is 0 Å². The van der Waals surface area contributed by atoms with Gasteiger partial charge in [-0.15, -0.1) is 11.3 Å². The summed E-state index contributed by atoms with van der Waals surface area (Å²) in [6.45, 7) is 0.682. The van der Waals surface area contributed by atoms with Gasteiger partial charge in [0.15, 0.2) is 0 Å². The molecular weight excluding hydrogens is 244 g/mol. The number of nitrogens with one attached hydrogen (secondary N) is 1. The zero-order valence-electron chi connectivity index (χ0n) is 8.91. The van der Waals surface area contributed by atoms with Gasteiger partial charge >= 0.3 is 0 Å². The number of carbonyl (C=O) groups excluding carboxylic acids is 1. The molecule has 1 aromatic heterocycles. The van der Waals surface area contributed by atoms with E-state index in [9.17, 15) is 4.79 Å². The summed E-state index contributed by atoms with van der Waals surface area (Å²) < 4.78 is 0.797. The number of halogens is 1. The van der Waals surface area contributed by atoms with Gasteiger partial charge in [0.25, 0.3) is 0 Å². The van der Waals surface area contributed by atoms with Crippen LogP contribution in [0.1, 0.15) is 17.7 Å². The van der Waals surface area contributed by atoms with Gasteiger partial charge in [0, 0.05) is 23.4 Å². The Bertz CT molecular complexity index is 374. The Balaban J connectivity index is 1.66. The van der Waals surface area contributed by atoms with Crippen LogP contribution in [0.3, 0.4) is 0 Å². The van der Waals surface area contributed by atoms with E-state index >= 15 is 0 Å². The molecule has 0 saturated heterocycles. The van der Waals surface area contributed by atoms with Crippen LogP contribution in [0, 0.1) is 5.92 Å². The fourth-order valence-corrected chi connectivity index (χ4v) is 2.90. The second kappa shape index (κ2) is 5.17. The van der Waals surface area contributed by atoms with Crippen molar-refractivity contribution in [1.82, 2.24) is 5.32 Å². The van der Waals surface area contributed by atoms with Gasteiger partial charge < -0.3 is 11.1 Å². The highest BCUT2D eigenvalue weighted by Gasteiger charge is 2.31. The lowest BCUT2D eigenvalue weighted by Crippen LogP contribution is -2.45. The maximum atomic E-state index is 11.6. The maximum Gasteiger partial charge on any atom is 0.223 e. The van der Waals surface area contributed by atoms with Gasteiger partial charge in [-0.1, -0.05) is 11.6 Å². The SMILES string of the molecule is NC1CC(C(=O)NCCc2ccc(Cl)s2)C1. The summed E-state index contributed by atoms with van der Waals surface area (Å²) in [4.78, 5) is 12.8. The number of thiophene rings is 1. The van der Waals surface area contributed by atoms with Crippen LogP contribution in [-0.2, 0) is 11.2 Å². The van der Waals surface area contributed by atoms with Crippen LogP contribution < -0.4 is 11.1 Å². The largest absolute Gasteiger partial charge is 0.355 e. The Labute approximate surface area is 104 Å². The molecule has 1 amide bonds. The number of carbonyl (C=O) groups is 1. The molecule has 1 aromatic rings. The summed E-state index contributed by atoms with van der Waals surface area (Å²) in [7, 11) is 0. The van der Waals surface area contributed by atoms with Gasteiger partial charge in [-0.05, 0) is 31.4 Å². The highest BCUT2D eigenvalue weighted by molar-refractivity contribution is 7.16. The van der Waals surface area contributed by atoms with E-state index in [-0.39, 0.29) is 17.9 Å². The van der Waals surface area contributed by atoms with Crippen LogP contribution in [0.15, 0.2) is 12.1 Å². The summed E-state index contributed by atoms with van der Waals surface area (Å²) in [5.41, 5.74) is 5.64. The smallest absolute Gasteiger partial charge is 0.223 e. The first-order valence-electron chi connectivity index (χ1n) is 5.42. The van der Waals surface area contributed by atoms with Gasteiger partial charge in [0.05, 0.1) is 4.34 Å². The molecule has 0 aliphatic heterocycles. The molecule has 1 fully saturated rings. The van der Waals surface area contributed by atoms with E-state index in [1.165, 1.54) is 4.88 Å². The lowest BCUT2D eigenvalue weighted by atomic mass is 9.80. The fraction of sp³-hybridized carbons (Fsp3) is 0.545. The highest BCUT2D eigenvalue weighted by atomic mass is 35.5. The quantitative estimate of drug-likeness (QED) is 0.865. The molecule has 3 N–H and O–H groups in total. The Kier molecular flexibility index (Phi) is 3.84. The number of amides is 1. The molecule has 0 aromatic carbocycles. The highest BCUT2D eigenvalue weighted by Crippen LogP contribution is 2.25. The van der Waals surface area contributed by atoms with Gasteiger partial charge in [-0.3, -0.25) is 4.79 Å². The van der Waals surface area contributed by atoms with E-state index in [1.54, 1.807) is 11.3 Å². The van der Waals surface area contributed by atoms with Crippen LogP contribution in [0.25, 0.3) is 0 Å². The second-order valence-corrected chi connectivity index (χ2v) is 5.97. The van der Waals surface area contributed by atoms with Crippen LogP contribution in [0.5, 0.6) is 0 Å². The third-order valence-corrected chi connectivity index (χ3v) is 4.14. The van der Waals surface area contributed by atoms with Crippen molar-refractivity contribution in [3.05, 3.63) is 21.3 Å². The van der Waals surface area contributed by atoms with Gasteiger partial charge in [0.2, 0.25) is 5.91 Å². The van der Waals surface area contributed by atoms with Crippen LogP contribution in [0.2, 0.25) is 4.34 Å². The normalized spacial score (nSPS) is 23.9. The average molecular weight is 259 g/mol. The second-order valence-electron chi connectivity index (χ2n) is 4.18. The molecule has 3 nitrogen and oxygen atoms in total. The predicted molar refractivity (Wildman–Crippen MR) is 66.7 cm³/mol. The van der Waals surface area contributed by atoms with Crippen LogP contribution in [0.4, 0.5) is 0 Å². The molecular formula is C11H15ClN2OS. The van der Waals surface area contributed by atoms with Crippen molar-refractivity contribution >= 4 is 28.8 Å². The van der Waals surface area contributed by atoms with E-state index in [4.69, 9.17) is 17.3 Å². The molecule has 0 unspecified atom stereocenters. The Morgan fingerprint density at radius 1 is 1.56 bits per heavy atom. The number of nitrogens with two attached hydrogens (primary N) is 1. The van der Waals surface area contributed by atoms with Crippen molar-refractivity contribution in [2.45, 2.75) is 25.3 Å². The first-order chi connectivity index (χ1) is 7.65. The van der Waals surface area contributed by atoms with Crippen molar-refractivity contribution in [2.75, 3.05) is 6.54 Å². The number of hydrogen-bond donors (Lipinski definition) is 2. The molecule has 1 aliphatic carbocycles. The number of hydrogen-bond acceptors (Lipinski definition) is 3. The minimum atomic E-state index is 0.141. The molecule has 5 heteroatoms. The minimum absolute atomic E-state index is 0.141. The van der Waals surface area contributed by atoms with Gasteiger partial charge in [-0.2, -0.15) is 0 Å². The third-order valence-electron chi connectivity index (χ3n) is 2.84. The van der Waals surface area contributed by atoms with Crippen molar-refractivity contribution < 1.29 is 4.79 Å². The van der Waals surface area contributed by atoms with E-state index in [1.807, 2.05) is 12.1 Å². The summed E-state index contributed by atoms with van der Waals surface area (Å²) in [6, 6.07) is 4.11. The summed E-state index contributed by atoms with van der Waals surface area (Å²) in [5.74, 6) is 0.284. The molecule has 1 heterocycles. The summed E-state index contributed by atoms with van der Waals surface area (Å²) in [5, 5.41) is 2.93. The third kappa shape index (κ3) is 2.97. The molecule has 1 saturated carbocycles. The van der Waals surface area contributed by atoms with Crippen molar-refractivity contribution in [1.29, 1.82) is 0 Å². The molecule has 1 aliphatic rings. The predicted octanol–water partition coefficient (Wildman–Crippen LogP) is 1.80. The molecule has 0 atom stereocenters. The standard InChI is InChI=1S/C11H15ClN2OS/c12-10-2-1-9(16-10)3-4-14-11(15)7-5-8(13)6-7/h1-2,7-8H,3-6,13H2,(H,14,15). The lowest BCUT2D eigenvalue weighted by molar-refractivity contribution is -0.127. The zero-order chi connectivity index (χ0) is 11.5. The maximum absolute atomic E-state index is 11.6. The first-order valence-corrected chi connectivity index (χ1v) is 6.62. The monoisotopic (exact) mass is 258 g/mol. The van der Waals surface area contributed by atoms with Crippen molar-refractivity contribution in [2.24, 2.45) is 11.7 Å². The molecule has 88 valence electrons. The summed E-state index contributed by atoms with van der Waals surface area (Å²) >= 11 is 7.38. The number of rotatable bonds is 4. The lowest BCUT2D eigenvalue weighted by Gasteiger charge is -2.31. The fourth-order valence-electron chi connectivity index (χ4n) is 1.82. The van der Waals surface area contributed by atoms with Gasteiger partial charge in [-0.25, -0.2) is 0 Å². The first kappa shape index (κ1) is 11.9. The molecule has 0 radical (unpaired) electrons. The average Bonchev–Trinajstić information content (AvgIpc) is 2.59. The van der Waals surface area contributed by atoms with Crippen LogP contribution >= 0.6 is 22.9 Å². The Morgan fingerprint density at radius 2 is 2.31 bits per heavy atom. The summed E-state index contributed by atoms with van der Waals surface area (Å²) in [6.07, 6.45) is 2.51. The minimum Gasteiger partial charge on any atom is -0.355 e. The molecule has 16 heavy (non-hydrogen) atoms. The Hall–Kier alpha value is -0.580. The van der Waals surface area contributed by atoms with Crippen molar-refractivity contribution in [3.63, 3.8) is 0 Å². The topological polar surface area (TPSA) is 55.1 Å². The Morgan fingerprint density at radius 3 is 2.88 bits per heavy atom. The van der Waals surface area contributed by atoms with Gasteiger partial charge in [0.1, 0.15) is 0 Å². The van der Waals surface area contributed by atoms with E-state index in [0.29, 0.717) is 6.54 Å². The molecule has 2 rings (SSSR count). The van der Waals surface area contributed by atoms with Crippen LogP contribution in [-0.4, -0.2) is 18.5 Å².